The Kier molecular flexibility index (Phi) is 5.79. The number of methoxy groups -OCH3 is 2. The highest BCUT2D eigenvalue weighted by Gasteiger charge is 2.47. The van der Waals surface area contributed by atoms with E-state index in [1.54, 1.807) is 42.5 Å². The maximum Gasteiger partial charge on any atom is 0.300 e. The second kappa shape index (κ2) is 8.70. The summed E-state index contributed by atoms with van der Waals surface area (Å²) in [5, 5.41) is 21.4. The van der Waals surface area contributed by atoms with Crippen LogP contribution in [0.1, 0.15) is 22.7 Å². The molecule has 0 bridgehead atoms. The van der Waals surface area contributed by atoms with Crippen molar-refractivity contribution in [2.24, 2.45) is 0 Å². The minimum absolute atomic E-state index is 0.0241. The molecule has 0 saturated carbocycles. The summed E-state index contributed by atoms with van der Waals surface area (Å²) < 4.78 is 10.6. The summed E-state index contributed by atoms with van der Waals surface area (Å²) >= 11 is 0. The number of aryl methyl sites for hydroxylation is 1. The quantitative estimate of drug-likeness (QED) is 0.345. The lowest BCUT2D eigenvalue weighted by atomic mass is 9.94. The van der Waals surface area contributed by atoms with E-state index < -0.39 is 17.7 Å². The third-order valence-corrected chi connectivity index (χ3v) is 5.61. The number of hydrogen-bond acceptors (Lipinski definition) is 6. The number of ketones is 1. The van der Waals surface area contributed by atoms with Gasteiger partial charge in [-0.25, -0.2) is 0 Å². The SMILES string of the molecule is COc1ccc(/C(O)=C2/C(=O)C(=O)N(c3ccc(C)cc3)C2c2cccc(O)c2)c(OC)c1. The number of aliphatic hydroxyl groups excluding tert-OH is 1. The van der Waals surface area contributed by atoms with Crippen molar-refractivity contribution in [2.45, 2.75) is 13.0 Å². The van der Waals surface area contributed by atoms with E-state index in [-0.39, 0.29) is 28.4 Å². The molecule has 3 aromatic carbocycles. The zero-order valence-corrected chi connectivity index (χ0v) is 18.4. The third kappa shape index (κ3) is 3.89. The predicted molar refractivity (Wildman–Crippen MR) is 124 cm³/mol. The number of aromatic hydroxyl groups is 1. The average molecular weight is 445 g/mol. The molecule has 7 heteroatoms. The summed E-state index contributed by atoms with van der Waals surface area (Å²) in [6.07, 6.45) is 0. The maximum absolute atomic E-state index is 13.2. The van der Waals surface area contributed by atoms with Gasteiger partial charge in [0.25, 0.3) is 11.7 Å². The van der Waals surface area contributed by atoms with E-state index in [1.807, 2.05) is 19.1 Å². The number of amides is 1. The Morgan fingerprint density at radius 3 is 2.30 bits per heavy atom. The van der Waals surface area contributed by atoms with Gasteiger partial charge in [0.15, 0.2) is 0 Å². The van der Waals surface area contributed by atoms with E-state index in [9.17, 15) is 19.8 Å². The summed E-state index contributed by atoms with van der Waals surface area (Å²) in [4.78, 5) is 27.7. The van der Waals surface area contributed by atoms with E-state index >= 15 is 0 Å². The molecule has 1 heterocycles. The molecule has 4 rings (SSSR count). The molecule has 0 radical (unpaired) electrons. The lowest BCUT2D eigenvalue weighted by Crippen LogP contribution is -2.29. The van der Waals surface area contributed by atoms with E-state index in [1.165, 1.54) is 31.3 Å². The van der Waals surface area contributed by atoms with Crippen LogP contribution < -0.4 is 14.4 Å². The number of anilines is 1. The zero-order chi connectivity index (χ0) is 23.7. The molecule has 0 aliphatic carbocycles. The molecule has 168 valence electrons. The van der Waals surface area contributed by atoms with Gasteiger partial charge in [0.05, 0.1) is 31.4 Å². The van der Waals surface area contributed by atoms with Gasteiger partial charge in [-0.1, -0.05) is 29.8 Å². The van der Waals surface area contributed by atoms with Crippen molar-refractivity contribution in [2.75, 3.05) is 19.1 Å². The van der Waals surface area contributed by atoms with Gasteiger partial charge in [0.2, 0.25) is 0 Å². The number of phenols is 1. The van der Waals surface area contributed by atoms with Crippen LogP contribution in [0, 0.1) is 6.92 Å². The zero-order valence-electron chi connectivity index (χ0n) is 18.4. The maximum atomic E-state index is 13.2. The Labute approximate surface area is 191 Å². The molecule has 2 N–H and O–H groups in total. The Morgan fingerprint density at radius 1 is 0.939 bits per heavy atom. The normalized spacial score (nSPS) is 17.3. The van der Waals surface area contributed by atoms with Gasteiger partial charge in [-0.3, -0.25) is 14.5 Å². The number of benzene rings is 3. The number of rotatable bonds is 5. The van der Waals surface area contributed by atoms with Crippen LogP contribution in [0.5, 0.6) is 17.2 Å². The summed E-state index contributed by atoms with van der Waals surface area (Å²) in [6, 6.07) is 17.2. The fourth-order valence-electron chi connectivity index (χ4n) is 3.95. The van der Waals surface area contributed by atoms with Crippen molar-refractivity contribution in [3.05, 3.63) is 89.0 Å². The van der Waals surface area contributed by atoms with Gasteiger partial charge in [-0.15, -0.1) is 0 Å². The smallest absolute Gasteiger partial charge is 0.300 e. The molecule has 3 aromatic rings. The number of Topliss-reactive ketones (excluding diaryl/α,β-unsaturated/α-hetero) is 1. The van der Waals surface area contributed by atoms with Crippen molar-refractivity contribution in [1.82, 2.24) is 0 Å². The van der Waals surface area contributed by atoms with Crippen LogP contribution in [0.15, 0.2) is 72.3 Å². The van der Waals surface area contributed by atoms with Crippen LogP contribution in [-0.4, -0.2) is 36.1 Å². The Hall–Kier alpha value is -4.26. The number of ether oxygens (including phenoxy) is 2. The first-order chi connectivity index (χ1) is 15.8. The van der Waals surface area contributed by atoms with Gasteiger partial charge in [-0.05, 0) is 48.9 Å². The van der Waals surface area contributed by atoms with Crippen molar-refractivity contribution >= 4 is 23.1 Å². The summed E-state index contributed by atoms with van der Waals surface area (Å²) in [5.41, 5.74) is 2.10. The molecule has 0 spiro atoms. The standard InChI is InChI=1S/C26H23NO6/c1-15-7-9-17(10-8-15)27-23(16-5-4-6-18(28)13-16)22(25(30)26(27)31)24(29)20-12-11-19(32-2)14-21(20)33-3/h4-14,23,28-29H,1-3H3/b24-22-. The molecule has 1 aliphatic rings. The predicted octanol–water partition coefficient (Wildman–Crippen LogP) is 4.34. The van der Waals surface area contributed by atoms with Crippen LogP contribution in [0.4, 0.5) is 5.69 Å². The Balaban J connectivity index is 1.97. The fourth-order valence-corrected chi connectivity index (χ4v) is 3.95. The minimum atomic E-state index is -0.952. The second-order valence-corrected chi connectivity index (χ2v) is 7.67. The number of nitrogens with zero attached hydrogens (tertiary/aromatic N) is 1. The molecule has 1 fully saturated rings. The van der Waals surface area contributed by atoms with Gasteiger partial charge in [0.1, 0.15) is 23.0 Å². The molecular weight excluding hydrogens is 422 g/mol. The van der Waals surface area contributed by atoms with Crippen LogP contribution in [-0.2, 0) is 9.59 Å². The molecule has 1 aliphatic heterocycles. The Bertz CT molecular complexity index is 1260. The first-order valence-electron chi connectivity index (χ1n) is 10.2. The topological polar surface area (TPSA) is 96.3 Å². The molecular formula is C26H23NO6. The number of carbonyl (C=O) groups excluding carboxylic acids is 2. The monoisotopic (exact) mass is 445 g/mol. The van der Waals surface area contributed by atoms with Gasteiger partial charge < -0.3 is 19.7 Å². The highest BCUT2D eigenvalue weighted by Crippen LogP contribution is 2.44. The molecule has 33 heavy (non-hydrogen) atoms. The van der Waals surface area contributed by atoms with E-state index in [0.717, 1.165) is 5.56 Å². The number of phenolic OH excluding ortho intramolecular Hbond substituents is 1. The van der Waals surface area contributed by atoms with Crippen molar-refractivity contribution in [3.63, 3.8) is 0 Å². The second-order valence-electron chi connectivity index (χ2n) is 7.67. The van der Waals surface area contributed by atoms with E-state index in [2.05, 4.69) is 0 Å². The first kappa shape index (κ1) is 22.0. The summed E-state index contributed by atoms with van der Waals surface area (Å²) in [7, 11) is 2.94. The third-order valence-electron chi connectivity index (χ3n) is 5.61. The minimum Gasteiger partial charge on any atom is -0.508 e. The molecule has 1 unspecified atom stereocenters. The summed E-state index contributed by atoms with van der Waals surface area (Å²) in [6.45, 7) is 1.92. The van der Waals surface area contributed by atoms with Crippen molar-refractivity contribution < 1.29 is 29.3 Å². The van der Waals surface area contributed by atoms with Gasteiger partial charge in [-0.2, -0.15) is 0 Å². The van der Waals surface area contributed by atoms with E-state index in [4.69, 9.17) is 9.47 Å². The lowest BCUT2D eigenvalue weighted by molar-refractivity contribution is -0.132. The highest BCUT2D eigenvalue weighted by molar-refractivity contribution is 6.51. The molecule has 1 amide bonds. The van der Waals surface area contributed by atoms with Crippen molar-refractivity contribution in [3.8, 4) is 17.2 Å². The number of carbonyl (C=O) groups is 2. The first-order valence-corrected chi connectivity index (χ1v) is 10.2. The molecule has 0 aromatic heterocycles. The van der Waals surface area contributed by atoms with Crippen LogP contribution in [0.3, 0.4) is 0 Å². The highest BCUT2D eigenvalue weighted by atomic mass is 16.5. The van der Waals surface area contributed by atoms with E-state index in [0.29, 0.717) is 17.0 Å². The van der Waals surface area contributed by atoms with Gasteiger partial charge in [0, 0.05) is 11.8 Å². The molecule has 7 nitrogen and oxygen atoms in total. The average Bonchev–Trinajstić information content (AvgIpc) is 3.09. The largest absolute Gasteiger partial charge is 0.508 e. The number of hydrogen-bond donors (Lipinski definition) is 2. The lowest BCUT2D eigenvalue weighted by Gasteiger charge is -2.25. The molecule has 1 atom stereocenters. The van der Waals surface area contributed by atoms with Crippen molar-refractivity contribution in [1.29, 1.82) is 0 Å². The summed E-state index contributed by atoms with van der Waals surface area (Å²) in [5.74, 6) is -1.23. The molecule has 1 saturated heterocycles. The fraction of sp³-hybridized carbons (Fsp3) is 0.154. The van der Waals surface area contributed by atoms with Crippen LogP contribution in [0.2, 0.25) is 0 Å². The van der Waals surface area contributed by atoms with Gasteiger partial charge >= 0.3 is 0 Å². The van der Waals surface area contributed by atoms with Crippen LogP contribution >= 0.6 is 0 Å². The van der Waals surface area contributed by atoms with Crippen LogP contribution in [0.25, 0.3) is 5.76 Å². The Morgan fingerprint density at radius 2 is 1.67 bits per heavy atom. The number of aliphatic hydroxyl groups is 1.